The zero-order valence-electron chi connectivity index (χ0n) is 10.2. The van der Waals surface area contributed by atoms with E-state index in [9.17, 15) is 4.79 Å². The molecule has 3 nitrogen and oxygen atoms in total. The van der Waals surface area contributed by atoms with Crippen molar-refractivity contribution < 1.29 is 4.79 Å². The molecule has 0 radical (unpaired) electrons. The Hall–Kier alpha value is -2.42. The van der Waals surface area contributed by atoms with Crippen molar-refractivity contribution >= 4 is 5.78 Å². The van der Waals surface area contributed by atoms with Gasteiger partial charge in [0.2, 0.25) is 5.78 Å². The first-order valence-corrected chi connectivity index (χ1v) is 5.67. The highest BCUT2D eigenvalue weighted by Gasteiger charge is 2.12. The van der Waals surface area contributed by atoms with Gasteiger partial charge in [-0.1, -0.05) is 49.1 Å². The lowest BCUT2D eigenvalue weighted by molar-refractivity contribution is 0.103. The summed E-state index contributed by atoms with van der Waals surface area (Å²) in [5.74, 6) is 0.610. The van der Waals surface area contributed by atoms with E-state index in [2.05, 4.69) is 16.5 Å². The highest BCUT2D eigenvalue weighted by molar-refractivity contribution is 6.07. The molecular formula is C15H14N2O. The number of hydrogen-bond acceptors (Lipinski definition) is 2. The van der Waals surface area contributed by atoms with Crippen molar-refractivity contribution in [2.24, 2.45) is 0 Å². The van der Waals surface area contributed by atoms with Gasteiger partial charge in [-0.15, -0.1) is 0 Å². The van der Waals surface area contributed by atoms with Gasteiger partial charge in [0.05, 0.1) is 0 Å². The number of H-pyrrole nitrogens is 1. The molecule has 1 heterocycles. The van der Waals surface area contributed by atoms with Crippen LogP contribution in [-0.2, 0) is 0 Å². The molecule has 1 N–H and O–H groups in total. The Morgan fingerprint density at radius 1 is 1.33 bits per heavy atom. The highest BCUT2D eigenvalue weighted by Crippen LogP contribution is 2.16. The smallest absolute Gasteiger partial charge is 0.208 e. The minimum Gasteiger partial charge on any atom is -0.344 e. The van der Waals surface area contributed by atoms with E-state index >= 15 is 0 Å². The van der Waals surface area contributed by atoms with Gasteiger partial charge in [0.15, 0.2) is 0 Å². The zero-order chi connectivity index (χ0) is 13.0. The van der Waals surface area contributed by atoms with Crippen LogP contribution in [0.2, 0.25) is 0 Å². The molecule has 0 aliphatic heterocycles. The number of aromatic nitrogens is 2. The molecule has 0 amide bonds. The fraction of sp³-hybridized carbons (Fsp3) is 0.0667. The predicted molar refractivity (Wildman–Crippen MR) is 72.3 cm³/mol. The van der Waals surface area contributed by atoms with Crippen LogP contribution in [0.4, 0.5) is 0 Å². The number of nitrogens with zero attached hydrogens (tertiary/aromatic N) is 1. The van der Waals surface area contributed by atoms with Crippen molar-refractivity contribution in [3.63, 3.8) is 0 Å². The first kappa shape index (κ1) is 12.0. The third-order valence-electron chi connectivity index (χ3n) is 2.58. The molecule has 2 rings (SSSR count). The van der Waals surface area contributed by atoms with Crippen LogP contribution >= 0.6 is 0 Å². The van der Waals surface area contributed by atoms with Gasteiger partial charge >= 0.3 is 0 Å². The second-order valence-corrected chi connectivity index (χ2v) is 3.91. The first-order valence-electron chi connectivity index (χ1n) is 5.67. The van der Waals surface area contributed by atoms with Gasteiger partial charge in [0.25, 0.3) is 0 Å². The summed E-state index contributed by atoms with van der Waals surface area (Å²) >= 11 is 0. The van der Waals surface area contributed by atoms with E-state index in [1.54, 1.807) is 25.3 Å². The van der Waals surface area contributed by atoms with Crippen LogP contribution in [0.15, 0.2) is 60.8 Å². The molecule has 2 aromatic rings. The number of imidazole rings is 1. The number of benzene rings is 1. The molecule has 0 spiro atoms. The fourth-order valence-corrected chi connectivity index (χ4v) is 1.64. The van der Waals surface area contributed by atoms with Crippen molar-refractivity contribution in [1.82, 2.24) is 9.97 Å². The molecule has 0 bridgehead atoms. The van der Waals surface area contributed by atoms with E-state index in [1.807, 2.05) is 30.3 Å². The number of carbonyl (C=O) groups excluding carboxylic acids is 1. The molecule has 1 aromatic heterocycles. The minimum absolute atomic E-state index is 0.0895. The molecule has 3 heteroatoms. The van der Waals surface area contributed by atoms with Gasteiger partial charge in [-0.3, -0.25) is 4.79 Å². The Morgan fingerprint density at radius 3 is 2.72 bits per heavy atom. The van der Waals surface area contributed by atoms with Gasteiger partial charge < -0.3 is 4.98 Å². The Balaban J connectivity index is 2.29. The SMILES string of the molecule is C=C/C=C(\C)C(=O)c1c[nH]c(-c2ccccc2)n1. The molecule has 0 unspecified atom stereocenters. The van der Waals surface area contributed by atoms with Crippen molar-refractivity contribution in [1.29, 1.82) is 0 Å². The predicted octanol–water partition coefficient (Wildman–Crippen LogP) is 3.39. The van der Waals surface area contributed by atoms with Crippen LogP contribution in [-0.4, -0.2) is 15.8 Å². The van der Waals surface area contributed by atoms with Gasteiger partial charge in [-0.05, 0) is 12.5 Å². The third kappa shape index (κ3) is 2.46. The van der Waals surface area contributed by atoms with Crippen molar-refractivity contribution in [2.75, 3.05) is 0 Å². The molecule has 0 saturated carbocycles. The van der Waals surface area contributed by atoms with E-state index in [-0.39, 0.29) is 5.78 Å². The van der Waals surface area contributed by atoms with Crippen LogP contribution in [0, 0.1) is 0 Å². The minimum atomic E-state index is -0.0895. The molecule has 0 aliphatic carbocycles. The summed E-state index contributed by atoms with van der Waals surface area (Å²) in [6.45, 7) is 5.32. The quantitative estimate of drug-likeness (QED) is 0.504. The molecule has 0 saturated heterocycles. The number of nitrogens with one attached hydrogen (secondary N) is 1. The highest BCUT2D eigenvalue weighted by atomic mass is 16.1. The monoisotopic (exact) mass is 238 g/mol. The second kappa shape index (κ2) is 5.27. The van der Waals surface area contributed by atoms with Gasteiger partial charge in [-0.2, -0.15) is 0 Å². The number of carbonyl (C=O) groups is 1. The summed E-state index contributed by atoms with van der Waals surface area (Å²) in [6, 6.07) is 9.69. The van der Waals surface area contributed by atoms with E-state index in [0.29, 0.717) is 17.1 Å². The summed E-state index contributed by atoms with van der Waals surface area (Å²) in [6.07, 6.45) is 4.91. The largest absolute Gasteiger partial charge is 0.344 e. The summed E-state index contributed by atoms with van der Waals surface area (Å²) < 4.78 is 0. The van der Waals surface area contributed by atoms with Crippen molar-refractivity contribution in [2.45, 2.75) is 6.92 Å². The average molecular weight is 238 g/mol. The molecular weight excluding hydrogens is 224 g/mol. The summed E-state index contributed by atoms with van der Waals surface area (Å²) in [7, 11) is 0. The summed E-state index contributed by atoms with van der Waals surface area (Å²) in [5.41, 5.74) is 2.00. The maximum atomic E-state index is 12.0. The Kier molecular flexibility index (Phi) is 3.53. The summed E-state index contributed by atoms with van der Waals surface area (Å²) in [5, 5.41) is 0. The lowest BCUT2D eigenvalue weighted by Gasteiger charge is -1.95. The maximum absolute atomic E-state index is 12.0. The van der Waals surface area contributed by atoms with Crippen LogP contribution in [0.25, 0.3) is 11.4 Å². The van der Waals surface area contributed by atoms with Gasteiger partial charge in [0.1, 0.15) is 11.5 Å². The van der Waals surface area contributed by atoms with E-state index < -0.39 is 0 Å². The van der Waals surface area contributed by atoms with Crippen LogP contribution in [0.5, 0.6) is 0 Å². The first-order chi connectivity index (χ1) is 8.72. The van der Waals surface area contributed by atoms with Crippen molar-refractivity contribution in [3.05, 3.63) is 66.5 Å². The lowest BCUT2D eigenvalue weighted by atomic mass is 10.1. The number of hydrogen-bond donors (Lipinski definition) is 1. The molecule has 18 heavy (non-hydrogen) atoms. The van der Waals surface area contributed by atoms with E-state index in [1.165, 1.54) is 0 Å². The number of aromatic amines is 1. The van der Waals surface area contributed by atoms with Gasteiger partial charge in [0, 0.05) is 11.8 Å². The molecule has 0 atom stereocenters. The molecule has 90 valence electrons. The second-order valence-electron chi connectivity index (χ2n) is 3.91. The lowest BCUT2D eigenvalue weighted by Crippen LogP contribution is -2.00. The molecule has 0 fully saturated rings. The number of rotatable bonds is 4. The number of Topliss-reactive ketones (excluding diaryl/α,β-unsaturated/α-hetero) is 1. The Morgan fingerprint density at radius 2 is 2.06 bits per heavy atom. The zero-order valence-corrected chi connectivity index (χ0v) is 10.2. The third-order valence-corrected chi connectivity index (χ3v) is 2.58. The molecule has 0 aliphatic rings. The van der Waals surface area contributed by atoms with Gasteiger partial charge in [-0.25, -0.2) is 4.98 Å². The Bertz CT molecular complexity index is 594. The number of allylic oxidation sites excluding steroid dienone is 3. The number of ketones is 1. The van der Waals surface area contributed by atoms with Crippen molar-refractivity contribution in [3.8, 4) is 11.4 Å². The van der Waals surface area contributed by atoms with E-state index in [0.717, 1.165) is 5.56 Å². The Labute approximate surface area is 106 Å². The summed E-state index contributed by atoms with van der Waals surface area (Å²) in [4.78, 5) is 19.3. The fourth-order valence-electron chi connectivity index (χ4n) is 1.64. The average Bonchev–Trinajstić information content (AvgIpc) is 2.89. The van der Waals surface area contributed by atoms with E-state index in [4.69, 9.17) is 0 Å². The van der Waals surface area contributed by atoms with Crippen LogP contribution in [0.3, 0.4) is 0 Å². The molecule has 1 aromatic carbocycles. The maximum Gasteiger partial charge on any atom is 0.208 e. The van der Waals surface area contributed by atoms with Crippen LogP contribution in [0.1, 0.15) is 17.4 Å². The normalized spacial score (nSPS) is 11.3. The topological polar surface area (TPSA) is 45.8 Å². The standard InChI is InChI=1S/C15H14N2O/c1-3-7-11(2)14(18)13-10-16-15(17-13)12-8-5-4-6-9-12/h3-10H,1H2,2H3,(H,16,17)/b11-7+. The van der Waals surface area contributed by atoms with Crippen LogP contribution < -0.4 is 0 Å².